The van der Waals surface area contributed by atoms with Crippen LogP contribution in [0.1, 0.15) is 6.92 Å². The molecular weight excluding hydrogens is 302 g/mol. The molecule has 0 bridgehead atoms. The number of nitrogen functional groups attached to an aromatic ring is 1. The van der Waals surface area contributed by atoms with E-state index in [0.29, 0.717) is 11.4 Å². The van der Waals surface area contributed by atoms with Gasteiger partial charge in [0.2, 0.25) is 10.0 Å². The number of sulfonamides is 1. The van der Waals surface area contributed by atoms with Crippen molar-refractivity contribution in [1.29, 1.82) is 0 Å². The second kappa shape index (κ2) is 6.42. The van der Waals surface area contributed by atoms with Crippen LogP contribution in [0.3, 0.4) is 0 Å². The smallest absolute Gasteiger partial charge is 0.242 e. The first-order chi connectivity index (χ1) is 9.22. The first kappa shape index (κ1) is 16.7. The van der Waals surface area contributed by atoms with Crippen molar-refractivity contribution >= 4 is 31.2 Å². The van der Waals surface area contributed by atoms with E-state index >= 15 is 0 Å². The molecule has 20 heavy (non-hydrogen) atoms. The molecule has 1 aromatic rings. The Morgan fingerprint density at radius 3 is 2.40 bits per heavy atom. The molecule has 0 aromatic heterocycles. The molecule has 0 unspecified atom stereocenters. The fourth-order valence-corrected chi connectivity index (χ4v) is 3.15. The van der Waals surface area contributed by atoms with E-state index < -0.39 is 19.9 Å². The van der Waals surface area contributed by atoms with E-state index in [4.69, 9.17) is 5.73 Å². The Morgan fingerprint density at radius 1 is 1.20 bits per heavy atom. The summed E-state index contributed by atoms with van der Waals surface area (Å²) in [5.74, 6) is -0.00892. The number of rotatable bonds is 7. The summed E-state index contributed by atoms with van der Waals surface area (Å²) < 4.78 is 48.7. The Kier molecular flexibility index (Phi) is 5.37. The number of benzene rings is 1. The summed E-state index contributed by atoms with van der Waals surface area (Å²) in [4.78, 5) is -0.00565. The van der Waals surface area contributed by atoms with Crippen LogP contribution in [0, 0.1) is 0 Å². The molecule has 0 saturated carbocycles. The third-order valence-electron chi connectivity index (χ3n) is 2.73. The number of hydrogen-bond acceptors (Lipinski definition) is 6. The minimum atomic E-state index is -3.66. The molecule has 0 aliphatic heterocycles. The first-order valence-electron chi connectivity index (χ1n) is 5.99. The molecule has 0 atom stereocenters. The lowest BCUT2D eigenvalue weighted by Crippen LogP contribution is -2.22. The molecule has 7 nitrogen and oxygen atoms in total. The zero-order valence-corrected chi connectivity index (χ0v) is 13.0. The summed E-state index contributed by atoms with van der Waals surface area (Å²) in [6.07, 6.45) is 0. The zero-order chi connectivity index (χ0) is 15.4. The fourth-order valence-electron chi connectivity index (χ4n) is 1.50. The van der Waals surface area contributed by atoms with Gasteiger partial charge in [0, 0.05) is 18.0 Å². The third kappa shape index (κ3) is 4.36. The summed E-state index contributed by atoms with van der Waals surface area (Å²) in [6, 6.07) is 4.38. The Morgan fingerprint density at radius 2 is 1.85 bits per heavy atom. The molecule has 1 rings (SSSR count). The van der Waals surface area contributed by atoms with Crippen LogP contribution in [0.2, 0.25) is 0 Å². The van der Waals surface area contributed by atoms with Crippen LogP contribution < -0.4 is 15.8 Å². The van der Waals surface area contributed by atoms with E-state index in [-0.39, 0.29) is 22.9 Å². The van der Waals surface area contributed by atoms with Gasteiger partial charge in [0.15, 0.2) is 9.84 Å². The van der Waals surface area contributed by atoms with Gasteiger partial charge in [0.1, 0.15) is 4.90 Å². The topological polar surface area (TPSA) is 118 Å². The van der Waals surface area contributed by atoms with Crippen molar-refractivity contribution in [2.24, 2.45) is 0 Å². The average Bonchev–Trinajstić information content (AvgIpc) is 2.40. The Bertz CT molecular complexity index is 669. The normalized spacial score (nSPS) is 12.3. The van der Waals surface area contributed by atoms with Crippen LogP contribution >= 0.6 is 0 Å². The number of hydrogen-bond donors (Lipinski definition) is 3. The largest absolute Gasteiger partial charge is 0.399 e. The molecule has 9 heteroatoms. The van der Waals surface area contributed by atoms with Crippen molar-refractivity contribution in [2.75, 3.05) is 36.1 Å². The maximum Gasteiger partial charge on any atom is 0.242 e. The van der Waals surface area contributed by atoms with Gasteiger partial charge in [-0.3, -0.25) is 0 Å². The Hall–Kier alpha value is -1.32. The van der Waals surface area contributed by atoms with Gasteiger partial charge in [-0.1, -0.05) is 6.92 Å². The van der Waals surface area contributed by atoms with E-state index in [1.807, 2.05) is 0 Å². The van der Waals surface area contributed by atoms with E-state index in [0.717, 1.165) is 0 Å². The van der Waals surface area contributed by atoms with Gasteiger partial charge in [0.05, 0.1) is 11.4 Å². The monoisotopic (exact) mass is 321 g/mol. The summed E-state index contributed by atoms with van der Waals surface area (Å²) in [6.45, 7) is 1.70. The maximum absolute atomic E-state index is 11.9. The highest BCUT2D eigenvalue weighted by Crippen LogP contribution is 2.23. The van der Waals surface area contributed by atoms with Crippen LogP contribution in [0.5, 0.6) is 0 Å². The van der Waals surface area contributed by atoms with Gasteiger partial charge >= 0.3 is 0 Å². The highest BCUT2D eigenvalue weighted by molar-refractivity contribution is 7.91. The molecule has 0 spiro atoms. The molecule has 4 N–H and O–H groups in total. The second-order valence-electron chi connectivity index (χ2n) is 4.13. The van der Waals surface area contributed by atoms with Crippen LogP contribution in [0.15, 0.2) is 23.1 Å². The van der Waals surface area contributed by atoms with Gasteiger partial charge in [-0.2, -0.15) is 0 Å². The quantitative estimate of drug-likeness (QED) is 0.609. The number of anilines is 2. The minimum Gasteiger partial charge on any atom is -0.399 e. The highest BCUT2D eigenvalue weighted by Gasteiger charge is 2.17. The van der Waals surface area contributed by atoms with Crippen LogP contribution in [-0.4, -0.2) is 41.9 Å². The molecule has 0 radical (unpaired) electrons. The number of nitrogens with two attached hydrogens (primary N) is 1. The SMILES string of the molecule is CCS(=O)(=O)CCNc1ccc(N)cc1S(=O)(=O)NC. The predicted molar refractivity (Wildman–Crippen MR) is 79.9 cm³/mol. The Balaban J connectivity index is 2.97. The molecule has 1 aromatic carbocycles. The lowest BCUT2D eigenvalue weighted by molar-refractivity contribution is 0.588. The third-order valence-corrected chi connectivity index (χ3v) is 5.89. The van der Waals surface area contributed by atoms with Crippen molar-refractivity contribution in [3.05, 3.63) is 18.2 Å². The van der Waals surface area contributed by atoms with Gasteiger partial charge < -0.3 is 11.1 Å². The standard InChI is InChI=1S/C11H19N3O4S2/c1-3-19(15,16)7-6-14-10-5-4-9(12)8-11(10)20(17,18)13-2/h4-5,8,13-14H,3,6-7,12H2,1-2H3. The number of sulfone groups is 1. The van der Waals surface area contributed by atoms with E-state index in [1.165, 1.54) is 19.2 Å². The molecule has 0 saturated heterocycles. The lowest BCUT2D eigenvalue weighted by atomic mass is 10.3. The molecule has 0 aliphatic rings. The van der Waals surface area contributed by atoms with E-state index in [9.17, 15) is 16.8 Å². The van der Waals surface area contributed by atoms with Crippen molar-refractivity contribution in [2.45, 2.75) is 11.8 Å². The average molecular weight is 321 g/mol. The van der Waals surface area contributed by atoms with Crippen molar-refractivity contribution in [1.82, 2.24) is 4.72 Å². The van der Waals surface area contributed by atoms with Gasteiger partial charge in [-0.25, -0.2) is 21.6 Å². The molecule has 0 fully saturated rings. The van der Waals surface area contributed by atoms with Crippen molar-refractivity contribution < 1.29 is 16.8 Å². The van der Waals surface area contributed by atoms with Crippen LogP contribution in [-0.2, 0) is 19.9 Å². The molecule has 0 heterocycles. The molecule has 0 amide bonds. The van der Waals surface area contributed by atoms with Gasteiger partial charge in [-0.15, -0.1) is 0 Å². The lowest BCUT2D eigenvalue weighted by Gasteiger charge is -2.12. The van der Waals surface area contributed by atoms with Crippen molar-refractivity contribution in [3.8, 4) is 0 Å². The second-order valence-corrected chi connectivity index (χ2v) is 8.45. The van der Waals surface area contributed by atoms with Crippen LogP contribution in [0.25, 0.3) is 0 Å². The van der Waals surface area contributed by atoms with Crippen LogP contribution in [0.4, 0.5) is 11.4 Å². The molecular formula is C11H19N3O4S2. The first-order valence-corrected chi connectivity index (χ1v) is 9.29. The molecule has 0 aliphatic carbocycles. The summed E-state index contributed by atoms with van der Waals surface area (Å²) >= 11 is 0. The molecule has 114 valence electrons. The van der Waals surface area contributed by atoms with Gasteiger partial charge in [0.25, 0.3) is 0 Å². The van der Waals surface area contributed by atoms with Crippen molar-refractivity contribution in [3.63, 3.8) is 0 Å². The Labute approximate surface area is 119 Å². The summed E-state index contributed by atoms with van der Waals surface area (Å²) in [5, 5.41) is 2.82. The summed E-state index contributed by atoms with van der Waals surface area (Å²) in [5.41, 5.74) is 6.21. The fraction of sp³-hybridized carbons (Fsp3) is 0.455. The summed E-state index contributed by atoms with van der Waals surface area (Å²) in [7, 11) is -5.47. The van der Waals surface area contributed by atoms with E-state index in [1.54, 1.807) is 13.0 Å². The van der Waals surface area contributed by atoms with E-state index in [2.05, 4.69) is 10.0 Å². The minimum absolute atomic E-state index is 0.00565. The predicted octanol–water partition coefficient (Wildman–Crippen LogP) is 0.0235. The maximum atomic E-state index is 11.9. The van der Waals surface area contributed by atoms with Gasteiger partial charge in [-0.05, 0) is 25.2 Å². The highest BCUT2D eigenvalue weighted by atomic mass is 32.2. The number of nitrogens with one attached hydrogen (secondary N) is 2. The zero-order valence-electron chi connectivity index (χ0n) is 11.4.